The molecule has 0 spiro atoms. The molecule has 0 unspecified atom stereocenters. The number of hydrogen-bond donors (Lipinski definition) is 0. The maximum absolute atomic E-state index is 6.10. The molecule has 1 aromatic carbocycles. The molecule has 2 rings (SSSR count). The lowest BCUT2D eigenvalue weighted by molar-refractivity contribution is 0.00578. The van der Waals surface area contributed by atoms with Gasteiger partial charge in [0.2, 0.25) is 0 Å². The van der Waals surface area contributed by atoms with Gasteiger partial charge in [-0.05, 0) is 45.3 Å². The summed E-state index contributed by atoms with van der Waals surface area (Å²) in [6.07, 6.45) is 0. The van der Waals surface area contributed by atoms with Crippen LogP contribution in [0, 0.1) is 0 Å². The molecule has 1 saturated heterocycles. The lowest BCUT2D eigenvalue weighted by Crippen LogP contribution is -2.48. The van der Waals surface area contributed by atoms with Crippen molar-refractivity contribution in [3.8, 4) is 0 Å². The molecule has 128 valence electrons. The van der Waals surface area contributed by atoms with E-state index in [9.17, 15) is 0 Å². The standard InChI is InChI=1S/C17H27BCl2NO2/c1-16(2)17(3,4)23-18(22-16)14-6-8-15(9-7-14)21(5,12-10-19)13-11-20/h6-9H,10-13H2,1-5H3/q+1. The van der Waals surface area contributed by atoms with Crippen molar-refractivity contribution in [3.05, 3.63) is 24.3 Å². The molecule has 0 saturated carbocycles. The van der Waals surface area contributed by atoms with Gasteiger partial charge in [-0.15, -0.1) is 23.2 Å². The van der Waals surface area contributed by atoms with Crippen LogP contribution in [0.15, 0.2) is 24.3 Å². The fraction of sp³-hybridized carbons (Fsp3) is 0.647. The molecule has 23 heavy (non-hydrogen) atoms. The van der Waals surface area contributed by atoms with Crippen molar-refractivity contribution < 1.29 is 9.31 Å². The maximum Gasteiger partial charge on any atom is 0.494 e. The van der Waals surface area contributed by atoms with Crippen LogP contribution in [0.1, 0.15) is 27.7 Å². The normalized spacial score (nSPS) is 20.0. The van der Waals surface area contributed by atoms with Gasteiger partial charge < -0.3 is 9.31 Å². The van der Waals surface area contributed by atoms with Crippen LogP contribution in [0.25, 0.3) is 0 Å². The van der Waals surface area contributed by atoms with E-state index in [4.69, 9.17) is 32.5 Å². The van der Waals surface area contributed by atoms with Gasteiger partial charge >= 0.3 is 7.12 Å². The van der Waals surface area contributed by atoms with E-state index in [0.717, 1.165) is 23.0 Å². The Kier molecular flexibility index (Phi) is 5.75. The van der Waals surface area contributed by atoms with E-state index in [1.807, 2.05) is 0 Å². The fourth-order valence-electron chi connectivity index (χ4n) is 2.71. The Morgan fingerprint density at radius 1 is 0.913 bits per heavy atom. The van der Waals surface area contributed by atoms with Gasteiger partial charge in [0.15, 0.2) is 0 Å². The Hall–Kier alpha value is -0.255. The second kappa shape index (κ2) is 6.93. The van der Waals surface area contributed by atoms with Gasteiger partial charge in [-0.1, -0.05) is 12.1 Å². The molecule has 0 amide bonds. The molecule has 0 bridgehead atoms. The van der Waals surface area contributed by atoms with E-state index < -0.39 is 0 Å². The van der Waals surface area contributed by atoms with Gasteiger partial charge in [-0.25, -0.2) is 0 Å². The summed E-state index contributed by atoms with van der Waals surface area (Å²) in [6.45, 7) is 9.97. The lowest BCUT2D eigenvalue weighted by atomic mass is 9.79. The Labute approximate surface area is 150 Å². The molecule has 0 atom stereocenters. The highest BCUT2D eigenvalue weighted by molar-refractivity contribution is 6.62. The summed E-state index contributed by atoms with van der Waals surface area (Å²) < 4.78 is 12.9. The maximum atomic E-state index is 6.10. The zero-order valence-electron chi connectivity index (χ0n) is 14.7. The van der Waals surface area contributed by atoms with Gasteiger partial charge in [-0.2, -0.15) is 0 Å². The van der Waals surface area contributed by atoms with Crippen molar-refractivity contribution in [2.45, 2.75) is 38.9 Å². The molecule has 1 heterocycles. The van der Waals surface area contributed by atoms with Crippen LogP contribution >= 0.6 is 23.2 Å². The van der Waals surface area contributed by atoms with E-state index in [2.05, 4.69) is 59.0 Å². The number of nitrogens with zero attached hydrogens (tertiary/aromatic N) is 1. The molecule has 0 aromatic heterocycles. The first kappa shape index (κ1) is 19.1. The Morgan fingerprint density at radius 3 is 1.74 bits per heavy atom. The minimum atomic E-state index is -0.325. The minimum Gasteiger partial charge on any atom is -0.399 e. The summed E-state index contributed by atoms with van der Waals surface area (Å²) in [5.74, 6) is 1.21. The molecule has 6 heteroatoms. The quantitative estimate of drug-likeness (QED) is 0.440. The highest BCUT2D eigenvalue weighted by Gasteiger charge is 2.51. The van der Waals surface area contributed by atoms with Gasteiger partial charge in [0.25, 0.3) is 0 Å². The predicted molar refractivity (Wildman–Crippen MR) is 101 cm³/mol. The molecule has 1 fully saturated rings. The van der Waals surface area contributed by atoms with Crippen molar-refractivity contribution >= 4 is 41.5 Å². The minimum absolute atomic E-state index is 0.321. The van der Waals surface area contributed by atoms with Crippen LogP contribution in [0.4, 0.5) is 5.69 Å². The van der Waals surface area contributed by atoms with E-state index in [0.29, 0.717) is 11.8 Å². The molecular weight excluding hydrogens is 332 g/mol. The predicted octanol–water partition coefficient (Wildman–Crippen LogP) is 3.40. The zero-order chi connectivity index (χ0) is 17.3. The summed E-state index contributed by atoms with van der Waals surface area (Å²) in [5, 5.41) is 0. The van der Waals surface area contributed by atoms with Crippen molar-refractivity contribution in [1.82, 2.24) is 4.48 Å². The zero-order valence-corrected chi connectivity index (χ0v) is 16.2. The van der Waals surface area contributed by atoms with Crippen LogP contribution in [-0.4, -0.2) is 50.2 Å². The van der Waals surface area contributed by atoms with Crippen molar-refractivity contribution in [1.29, 1.82) is 0 Å². The lowest BCUT2D eigenvalue weighted by Gasteiger charge is -2.33. The highest BCUT2D eigenvalue weighted by atomic mass is 35.5. The molecule has 0 radical (unpaired) electrons. The average molecular weight is 359 g/mol. The van der Waals surface area contributed by atoms with Gasteiger partial charge in [0.05, 0.1) is 43.1 Å². The first-order valence-corrected chi connectivity index (χ1v) is 9.15. The molecule has 0 N–H and O–H groups in total. The molecular formula is C17H27BCl2NO2+. The van der Waals surface area contributed by atoms with Crippen molar-refractivity contribution in [3.63, 3.8) is 0 Å². The van der Waals surface area contributed by atoms with Crippen LogP contribution in [0.3, 0.4) is 0 Å². The Morgan fingerprint density at radius 2 is 1.35 bits per heavy atom. The molecule has 3 nitrogen and oxygen atoms in total. The Bertz CT molecular complexity index is 512. The van der Waals surface area contributed by atoms with E-state index in [1.54, 1.807) is 0 Å². The van der Waals surface area contributed by atoms with Crippen molar-refractivity contribution in [2.24, 2.45) is 0 Å². The van der Waals surface area contributed by atoms with Gasteiger partial charge in [-0.3, -0.25) is 4.48 Å². The highest BCUT2D eigenvalue weighted by Crippen LogP contribution is 2.36. The molecule has 1 aliphatic rings. The van der Waals surface area contributed by atoms with Gasteiger partial charge in [0, 0.05) is 0 Å². The third kappa shape index (κ3) is 3.88. The largest absolute Gasteiger partial charge is 0.494 e. The number of benzene rings is 1. The fourth-order valence-corrected chi connectivity index (χ4v) is 3.46. The summed E-state index contributed by atoms with van der Waals surface area (Å²) in [5.41, 5.74) is 1.60. The number of halogens is 2. The summed E-state index contributed by atoms with van der Waals surface area (Å²) in [4.78, 5) is 0. The van der Waals surface area contributed by atoms with Crippen molar-refractivity contribution in [2.75, 3.05) is 31.9 Å². The van der Waals surface area contributed by atoms with Gasteiger partial charge in [0.1, 0.15) is 5.69 Å². The number of alkyl halides is 2. The second-order valence-electron chi connectivity index (χ2n) is 7.40. The van der Waals surface area contributed by atoms with Crippen LogP contribution < -0.4 is 9.95 Å². The number of hydrogen-bond acceptors (Lipinski definition) is 2. The third-order valence-electron chi connectivity index (χ3n) is 5.20. The SMILES string of the molecule is CC1(C)OB(c2ccc([N+](C)(CCCl)CCCl)cc2)OC1(C)C. The second-order valence-corrected chi connectivity index (χ2v) is 8.16. The average Bonchev–Trinajstić information content (AvgIpc) is 2.68. The topological polar surface area (TPSA) is 18.5 Å². The van der Waals surface area contributed by atoms with Crippen LogP contribution in [0.2, 0.25) is 0 Å². The first-order chi connectivity index (χ1) is 10.6. The van der Waals surface area contributed by atoms with Crippen LogP contribution in [0.5, 0.6) is 0 Å². The summed E-state index contributed by atoms with van der Waals surface area (Å²) >= 11 is 11.9. The third-order valence-corrected chi connectivity index (χ3v) is 5.54. The number of rotatable bonds is 6. The van der Waals surface area contributed by atoms with E-state index in [1.165, 1.54) is 5.69 Å². The van der Waals surface area contributed by atoms with E-state index in [-0.39, 0.29) is 18.3 Å². The molecule has 0 aliphatic carbocycles. The first-order valence-electron chi connectivity index (χ1n) is 8.08. The molecule has 1 aliphatic heterocycles. The smallest absolute Gasteiger partial charge is 0.399 e. The van der Waals surface area contributed by atoms with Crippen LogP contribution in [-0.2, 0) is 9.31 Å². The summed E-state index contributed by atoms with van der Waals surface area (Å²) in [6, 6.07) is 8.41. The monoisotopic (exact) mass is 358 g/mol. The molecule has 1 aromatic rings. The Balaban J connectivity index is 2.20. The summed E-state index contributed by atoms with van der Waals surface area (Å²) in [7, 11) is 1.84. The van der Waals surface area contributed by atoms with E-state index >= 15 is 0 Å². The number of quaternary nitrogens is 1.